The van der Waals surface area contributed by atoms with Gasteiger partial charge in [-0.05, 0) is 29.8 Å². The summed E-state index contributed by atoms with van der Waals surface area (Å²) in [5, 5.41) is 18.9. The number of rotatable bonds is 3. The molecule has 0 unspecified atom stereocenters. The smallest absolute Gasteiger partial charge is 0.161 e. The lowest BCUT2D eigenvalue weighted by Gasteiger charge is -2.08. The van der Waals surface area contributed by atoms with Crippen LogP contribution in [0.25, 0.3) is 0 Å². The first-order valence-corrected chi connectivity index (χ1v) is 5.15. The second-order valence-electron chi connectivity index (χ2n) is 3.65. The van der Waals surface area contributed by atoms with Crippen LogP contribution in [0.2, 0.25) is 0 Å². The van der Waals surface area contributed by atoms with Gasteiger partial charge in [-0.1, -0.05) is 18.2 Å². The summed E-state index contributed by atoms with van der Waals surface area (Å²) in [6.45, 7) is 0.255. The summed E-state index contributed by atoms with van der Waals surface area (Å²) in [6.07, 6.45) is 0. The molecule has 0 aliphatic heterocycles. The van der Waals surface area contributed by atoms with E-state index < -0.39 is 0 Å². The summed E-state index contributed by atoms with van der Waals surface area (Å²) in [4.78, 5) is 0. The summed E-state index contributed by atoms with van der Waals surface area (Å²) in [5.74, 6) is 0.527. The predicted molar refractivity (Wildman–Crippen MR) is 65.0 cm³/mol. The van der Waals surface area contributed by atoms with Crippen molar-refractivity contribution in [1.82, 2.24) is 0 Å². The molecule has 0 aromatic heterocycles. The number of phenolic OH excluding ortho intramolecular Hbond substituents is 2. The number of phenols is 2. The first-order chi connectivity index (χ1) is 8.16. The largest absolute Gasteiger partial charge is 0.506 e. The van der Waals surface area contributed by atoms with Crippen LogP contribution in [0.1, 0.15) is 5.56 Å². The highest BCUT2D eigenvalue weighted by molar-refractivity contribution is 5.52. The van der Waals surface area contributed by atoms with Crippen LogP contribution >= 0.6 is 0 Å². The van der Waals surface area contributed by atoms with Crippen molar-refractivity contribution in [2.75, 3.05) is 5.73 Å². The van der Waals surface area contributed by atoms with E-state index in [0.717, 1.165) is 5.56 Å². The first-order valence-electron chi connectivity index (χ1n) is 5.15. The van der Waals surface area contributed by atoms with E-state index in [0.29, 0.717) is 11.4 Å². The summed E-state index contributed by atoms with van der Waals surface area (Å²) < 4.78 is 5.42. The molecular formula is C13H13NO3. The van der Waals surface area contributed by atoms with Crippen LogP contribution in [-0.4, -0.2) is 10.2 Å². The molecule has 2 aromatic carbocycles. The number of para-hydroxylation sites is 2. The summed E-state index contributed by atoms with van der Waals surface area (Å²) in [5.41, 5.74) is 6.60. The molecule has 0 fully saturated rings. The lowest BCUT2D eigenvalue weighted by molar-refractivity contribution is 0.288. The molecule has 0 spiro atoms. The van der Waals surface area contributed by atoms with Crippen molar-refractivity contribution in [3.63, 3.8) is 0 Å². The molecule has 0 aliphatic carbocycles. The number of ether oxygens (including phenoxy) is 1. The highest BCUT2D eigenvalue weighted by Crippen LogP contribution is 2.26. The Morgan fingerprint density at radius 1 is 1.00 bits per heavy atom. The van der Waals surface area contributed by atoms with Gasteiger partial charge in [0.1, 0.15) is 12.4 Å². The molecule has 0 heterocycles. The SMILES string of the molecule is Nc1ccc(COc2ccccc2O)cc1O. The molecule has 88 valence electrons. The van der Waals surface area contributed by atoms with E-state index in [1.807, 2.05) is 0 Å². The zero-order valence-electron chi connectivity index (χ0n) is 9.13. The van der Waals surface area contributed by atoms with Gasteiger partial charge in [-0.2, -0.15) is 0 Å². The fourth-order valence-electron chi connectivity index (χ4n) is 1.42. The third kappa shape index (κ3) is 2.60. The molecule has 4 heteroatoms. The van der Waals surface area contributed by atoms with Gasteiger partial charge in [0.25, 0.3) is 0 Å². The Labute approximate surface area is 98.9 Å². The molecular weight excluding hydrogens is 218 g/mol. The Balaban J connectivity index is 2.08. The van der Waals surface area contributed by atoms with Gasteiger partial charge in [0.05, 0.1) is 5.69 Å². The standard InChI is InChI=1S/C13H13NO3/c14-10-6-5-9(7-12(10)16)8-17-13-4-2-1-3-11(13)15/h1-7,15-16H,8,14H2. The molecule has 0 aliphatic rings. The molecule has 2 aromatic rings. The molecule has 4 N–H and O–H groups in total. The Morgan fingerprint density at radius 3 is 2.47 bits per heavy atom. The van der Waals surface area contributed by atoms with Crippen LogP contribution in [0.3, 0.4) is 0 Å². The predicted octanol–water partition coefficient (Wildman–Crippen LogP) is 2.26. The van der Waals surface area contributed by atoms with E-state index in [1.165, 1.54) is 6.07 Å². The minimum absolute atomic E-state index is 0.0309. The number of benzene rings is 2. The van der Waals surface area contributed by atoms with Crippen molar-refractivity contribution in [3.8, 4) is 17.2 Å². The third-order valence-electron chi connectivity index (χ3n) is 2.35. The van der Waals surface area contributed by atoms with Crippen molar-refractivity contribution >= 4 is 5.69 Å². The van der Waals surface area contributed by atoms with Gasteiger partial charge in [-0.3, -0.25) is 0 Å². The molecule has 4 nitrogen and oxygen atoms in total. The van der Waals surface area contributed by atoms with E-state index in [-0.39, 0.29) is 18.1 Å². The van der Waals surface area contributed by atoms with Crippen molar-refractivity contribution in [2.24, 2.45) is 0 Å². The second-order valence-corrected chi connectivity index (χ2v) is 3.65. The first kappa shape index (κ1) is 11.1. The van der Waals surface area contributed by atoms with Crippen molar-refractivity contribution in [3.05, 3.63) is 48.0 Å². The average Bonchev–Trinajstić information content (AvgIpc) is 2.32. The lowest BCUT2D eigenvalue weighted by Crippen LogP contribution is -1.96. The Kier molecular flexibility index (Phi) is 3.05. The van der Waals surface area contributed by atoms with Crippen LogP contribution in [0, 0.1) is 0 Å². The van der Waals surface area contributed by atoms with Crippen LogP contribution < -0.4 is 10.5 Å². The van der Waals surface area contributed by atoms with Gasteiger partial charge in [-0.25, -0.2) is 0 Å². The second kappa shape index (κ2) is 4.65. The van der Waals surface area contributed by atoms with E-state index in [9.17, 15) is 10.2 Å². The van der Waals surface area contributed by atoms with Crippen LogP contribution in [0.5, 0.6) is 17.2 Å². The molecule has 2 rings (SSSR count). The monoisotopic (exact) mass is 231 g/mol. The van der Waals surface area contributed by atoms with Gasteiger partial charge in [0.15, 0.2) is 11.5 Å². The van der Waals surface area contributed by atoms with Crippen molar-refractivity contribution < 1.29 is 14.9 Å². The molecule has 0 radical (unpaired) electrons. The van der Waals surface area contributed by atoms with E-state index in [2.05, 4.69) is 0 Å². The number of nitrogen functional groups attached to an aromatic ring is 1. The fraction of sp³-hybridized carbons (Fsp3) is 0.0769. The fourth-order valence-corrected chi connectivity index (χ4v) is 1.42. The van der Waals surface area contributed by atoms with Gasteiger partial charge in [-0.15, -0.1) is 0 Å². The number of anilines is 1. The number of hydrogen-bond donors (Lipinski definition) is 3. The Morgan fingerprint density at radius 2 is 1.76 bits per heavy atom. The molecule has 0 atom stereocenters. The number of hydrogen-bond acceptors (Lipinski definition) is 4. The van der Waals surface area contributed by atoms with Crippen LogP contribution in [0.15, 0.2) is 42.5 Å². The average molecular weight is 231 g/mol. The number of aromatic hydroxyl groups is 2. The van der Waals surface area contributed by atoms with E-state index in [4.69, 9.17) is 10.5 Å². The Hall–Kier alpha value is -2.36. The third-order valence-corrected chi connectivity index (χ3v) is 2.35. The number of nitrogens with two attached hydrogens (primary N) is 1. The highest BCUT2D eigenvalue weighted by atomic mass is 16.5. The summed E-state index contributed by atoms with van der Waals surface area (Å²) >= 11 is 0. The molecule has 0 amide bonds. The quantitative estimate of drug-likeness (QED) is 0.559. The maximum Gasteiger partial charge on any atom is 0.161 e. The van der Waals surface area contributed by atoms with Crippen LogP contribution in [-0.2, 0) is 6.61 Å². The zero-order chi connectivity index (χ0) is 12.3. The van der Waals surface area contributed by atoms with E-state index in [1.54, 1.807) is 36.4 Å². The van der Waals surface area contributed by atoms with Crippen LogP contribution in [0.4, 0.5) is 5.69 Å². The van der Waals surface area contributed by atoms with Gasteiger partial charge < -0.3 is 20.7 Å². The summed E-state index contributed by atoms with van der Waals surface area (Å²) in [7, 11) is 0. The topological polar surface area (TPSA) is 75.7 Å². The maximum absolute atomic E-state index is 9.49. The van der Waals surface area contributed by atoms with Gasteiger partial charge >= 0.3 is 0 Å². The molecule has 0 saturated carbocycles. The molecule has 0 saturated heterocycles. The van der Waals surface area contributed by atoms with E-state index >= 15 is 0 Å². The molecule has 17 heavy (non-hydrogen) atoms. The summed E-state index contributed by atoms with van der Waals surface area (Å²) in [6, 6.07) is 11.6. The highest BCUT2D eigenvalue weighted by Gasteiger charge is 2.03. The lowest BCUT2D eigenvalue weighted by atomic mass is 10.2. The zero-order valence-corrected chi connectivity index (χ0v) is 9.13. The van der Waals surface area contributed by atoms with Gasteiger partial charge in [0.2, 0.25) is 0 Å². The molecule has 0 bridgehead atoms. The normalized spacial score (nSPS) is 10.1. The van der Waals surface area contributed by atoms with Gasteiger partial charge in [0, 0.05) is 0 Å². The Bertz CT molecular complexity index is 526. The minimum Gasteiger partial charge on any atom is -0.506 e. The minimum atomic E-state index is 0.0309. The van der Waals surface area contributed by atoms with Crippen molar-refractivity contribution in [2.45, 2.75) is 6.61 Å². The maximum atomic E-state index is 9.49. The van der Waals surface area contributed by atoms with Crippen molar-refractivity contribution in [1.29, 1.82) is 0 Å².